The van der Waals surface area contributed by atoms with Crippen LogP contribution in [0.2, 0.25) is 0 Å². The van der Waals surface area contributed by atoms with Crippen LogP contribution in [-0.4, -0.2) is 28.2 Å². The summed E-state index contributed by atoms with van der Waals surface area (Å²) in [5.41, 5.74) is 23.8. The van der Waals surface area contributed by atoms with E-state index >= 15 is 0 Å². The number of aromatic nitrogens is 6. The molecule has 20 rings (SSSR count). The van der Waals surface area contributed by atoms with Gasteiger partial charge in [0.05, 0.1) is 56.5 Å². The highest BCUT2D eigenvalue weighted by atomic mass is 15.0. The minimum Gasteiger partial charge on any atom is -0.309 e. The van der Waals surface area contributed by atoms with Gasteiger partial charge in [-0.3, -0.25) is 9.97 Å². The van der Waals surface area contributed by atoms with Crippen molar-refractivity contribution in [1.82, 2.24) is 28.2 Å². The number of para-hydroxylation sites is 4. The van der Waals surface area contributed by atoms with E-state index in [1.165, 1.54) is 164 Å². The summed E-state index contributed by atoms with van der Waals surface area (Å²) < 4.78 is 10.1. The predicted molar refractivity (Wildman–Crippen MR) is 367 cm³/mol. The first-order chi connectivity index (χ1) is 43.3. The molecule has 0 N–H and O–H groups in total. The SMILES string of the molecule is CC1(C)c2cc(-n3c4cnccc4c4c5ccccc5c5c(c6ccccc6c6c7ccncc7n(-c7ccc8c(c7)C(C)(C)c7c-8ccc8c9ccccc9n(-c9ccccc9)c78)c65)c43)ccc2-c2ccc3c4ccccc4n(-c4ccccc4)c3c21. The van der Waals surface area contributed by atoms with Crippen LogP contribution < -0.4 is 0 Å². The molecule has 6 nitrogen and oxygen atoms in total. The number of hydrogen-bond acceptors (Lipinski definition) is 2. The Morgan fingerprint density at radius 3 is 1.03 bits per heavy atom. The molecule has 0 bridgehead atoms. The molecular weight excluding hydrogens is 1070 g/mol. The highest BCUT2D eigenvalue weighted by Crippen LogP contribution is 2.57. The van der Waals surface area contributed by atoms with Crippen LogP contribution in [-0.2, 0) is 10.8 Å². The number of nitrogens with zero attached hydrogens (tertiary/aromatic N) is 6. The maximum Gasteiger partial charge on any atom is 0.0724 e. The summed E-state index contributed by atoms with van der Waals surface area (Å²) in [4.78, 5) is 9.89. The van der Waals surface area contributed by atoms with E-state index in [1.807, 2.05) is 12.4 Å². The zero-order valence-electron chi connectivity index (χ0n) is 48.9. The molecule has 0 saturated heterocycles. The van der Waals surface area contributed by atoms with Gasteiger partial charge < -0.3 is 18.3 Å². The van der Waals surface area contributed by atoms with Crippen molar-refractivity contribution in [3.8, 4) is 45.0 Å². The van der Waals surface area contributed by atoms with Crippen LogP contribution in [0.3, 0.4) is 0 Å². The molecule has 0 aliphatic heterocycles. The van der Waals surface area contributed by atoms with Crippen molar-refractivity contribution in [2.45, 2.75) is 38.5 Å². The third-order valence-electron chi connectivity index (χ3n) is 20.6. The molecule has 18 aromatic rings. The highest BCUT2D eigenvalue weighted by Gasteiger charge is 2.41. The van der Waals surface area contributed by atoms with Gasteiger partial charge in [-0.2, -0.15) is 0 Å². The largest absolute Gasteiger partial charge is 0.309 e. The predicted octanol–water partition coefficient (Wildman–Crippen LogP) is 20.9. The van der Waals surface area contributed by atoms with Gasteiger partial charge in [0.25, 0.3) is 0 Å². The van der Waals surface area contributed by atoms with Crippen molar-refractivity contribution >= 4 is 120 Å². The molecule has 6 aromatic heterocycles. The third kappa shape index (κ3) is 5.92. The van der Waals surface area contributed by atoms with E-state index in [-0.39, 0.29) is 10.8 Å². The molecule has 88 heavy (non-hydrogen) atoms. The quantitative estimate of drug-likeness (QED) is 0.165. The molecule has 6 heterocycles. The molecule has 0 unspecified atom stereocenters. The van der Waals surface area contributed by atoms with E-state index in [0.29, 0.717) is 0 Å². The van der Waals surface area contributed by atoms with Crippen LogP contribution in [0.25, 0.3) is 165 Å². The Kier molecular flexibility index (Phi) is 9.24. The van der Waals surface area contributed by atoms with Gasteiger partial charge in [-0.05, 0) is 139 Å². The lowest BCUT2D eigenvalue weighted by molar-refractivity contribution is 0.663. The summed E-state index contributed by atoms with van der Waals surface area (Å²) in [7, 11) is 0. The first kappa shape index (κ1) is 48.2. The maximum atomic E-state index is 4.94. The molecule has 412 valence electrons. The summed E-state index contributed by atoms with van der Waals surface area (Å²) in [5, 5.41) is 17.1. The summed E-state index contributed by atoms with van der Waals surface area (Å²) in [6.45, 7) is 9.75. The van der Waals surface area contributed by atoms with Crippen LogP contribution in [0, 0.1) is 0 Å². The second-order valence-electron chi connectivity index (χ2n) is 25.6. The van der Waals surface area contributed by atoms with E-state index in [0.717, 1.165) is 22.4 Å². The minimum atomic E-state index is -0.362. The smallest absolute Gasteiger partial charge is 0.0724 e. The standard InChI is InChI=1S/C82H54N6/c1-81(2)65-43-49(31-33-51(65)59-35-37-61-53-23-15-17-29-67(53)85(77(61)75(59)81)47-19-7-5-8-20-47)87-69-45-83-41-39-63(69)71-55-25-11-14-28-58(55)74-73(79(71)87)57-27-13-12-26-56(57)72-64-40-42-84-46-70(64)88(80(72)74)50-32-34-52-60-36-38-62-54-24-16-18-30-68(54)86(48-21-9-6-10-22-48)78(62)76(60)82(3,4)66(52)44-50/h5-46H,1-4H3. The van der Waals surface area contributed by atoms with Crippen LogP contribution in [0.5, 0.6) is 0 Å². The normalized spacial score (nSPS) is 14.1. The van der Waals surface area contributed by atoms with Crippen LogP contribution in [0.15, 0.2) is 255 Å². The van der Waals surface area contributed by atoms with E-state index < -0.39 is 0 Å². The molecule has 0 saturated carbocycles. The van der Waals surface area contributed by atoms with Gasteiger partial charge in [0.15, 0.2) is 0 Å². The summed E-state index contributed by atoms with van der Waals surface area (Å²) in [5.74, 6) is 0. The lowest BCUT2D eigenvalue weighted by Crippen LogP contribution is -2.17. The lowest BCUT2D eigenvalue weighted by atomic mass is 9.81. The number of pyridine rings is 2. The van der Waals surface area contributed by atoms with Crippen molar-refractivity contribution in [2.75, 3.05) is 0 Å². The fourth-order valence-corrected chi connectivity index (χ4v) is 17.1. The van der Waals surface area contributed by atoms with Crippen molar-refractivity contribution in [1.29, 1.82) is 0 Å². The summed E-state index contributed by atoms with van der Waals surface area (Å²) >= 11 is 0. The summed E-state index contributed by atoms with van der Waals surface area (Å²) in [6, 6.07) is 86.4. The monoisotopic (exact) mass is 1120 g/mol. The van der Waals surface area contributed by atoms with Crippen molar-refractivity contribution < 1.29 is 0 Å². The topological polar surface area (TPSA) is 45.5 Å². The highest BCUT2D eigenvalue weighted by molar-refractivity contribution is 6.44. The fourth-order valence-electron chi connectivity index (χ4n) is 17.1. The van der Waals surface area contributed by atoms with Gasteiger partial charge in [0.2, 0.25) is 0 Å². The molecule has 0 fully saturated rings. The first-order valence-corrected chi connectivity index (χ1v) is 30.7. The number of hydrogen-bond donors (Lipinski definition) is 0. The molecule has 0 amide bonds. The number of fused-ring (bicyclic) bond motifs is 29. The molecular formula is C82H54N6. The van der Waals surface area contributed by atoms with Crippen LogP contribution >= 0.6 is 0 Å². The average molecular weight is 1120 g/mol. The Bertz CT molecular complexity index is 5790. The van der Waals surface area contributed by atoms with Crippen molar-refractivity contribution in [2.24, 2.45) is 0 Å². The van der Waals surface area contributed by atoms with E-state index in [2.05, 4.69) is 289 Å². The van der Waals surface area contributed by atoms with E-state index in [9.17, 15) is 0 Å². The Hall–Kier alpha value is -11.1. The Labute approximate surface area is 506 Å². The molecule has 0 spiro atoms. The van der Waals surface area contributed by atoms with Gasteiger partial charge in [-0.25, -0.2) is 0 Å². The minimum absolute atomic E-state index is 0.362. The zero-order valence-corrected chi connectivity index (χ0v) is 48.9. The zero-order chi connectivity index (χ0) is 58.1. The van der Waals surface area contributed by atoms with Crippen molar-refractivity contribution in [3.63, 3.8) is 0 Å². The van der Waals surface area contributed by atoms with Crippen LogP contribution in [0.1, 0.15) is 49.9 Å². The van der Waals surface area contributed by atoms with Gasteiger partial charge >= 0.3 is 0 Å². The molecule has 0 atom stereocenters. The second kappa shape index (κ2) is 16.9. The first-order valence-electron chi connectivity index (χ1n) is 30.7. The molecule has 2 aliphatic rings. The van der Waals surface area contributed by atoms with Gasteiger partial charge in [-0.15, -0.1) is 0 Å². The average Bonchev–Trinajstić information content (AvgIpc) is 1.49. The maximum absolute atomic E-state index is 4.94. The molecule has 12 aromatic carbocycles. The van der Waals surface area contributed by atoms with E-state index in [1.54, 1.807) is 0 Å². The van der Waals surface area contributed by atoms with Gasteiger partial charge in [0.1, 0.15) is 0 Å². The van der Waals surface area contributed by atoms with Gasteiger partial charge in [-0.1, -0.05) is 185 Å². The van der Waals surface area contributed by atoms with Gasteiger partial charge in [0, 0.05) is 99.8 Å². The Morgan fingerprint density at radius 1 is 0.261 bits per heavy atom. The second-order valence-corrected chi connectivity index (χ2v) is 25.6. The molecule has 0 radical (unpaired) electrons. The van der Waals surface area contributed by atoms with Crippen molar-refractivity contribution in [3.05, 3.63) is 278 Å². The molecule has 6 heteroatoms. The third-order valence-corrected chi connectivity index (χ3v) is 20.6. The Morgan fingerprint density at radius 2 is 0.614 bits per heavy atom. The van der Waals surface area contributed by atoms with E-state index in [4.69, 9.17) is 9.97 Å². The Balaban J connectivity index is 0.873. The number of rotatable bonds is 4. The van der Waals surface area contributed by atoms with Crippen LogP contribution in [0.4, 0.5) is 0 Å². The number of benzene rings is 12. The lowest BCUT2D eigenvalue weighted by Gasteiger charge is -2.24. The molecule has 2 aliphatic carbocycles. The summed E-state index contributed by atoms with van der Waals surface area (Å²) in [6.07, 6.45) is 8.12. The fraction of sp³-hybridized carbons (Fsp3) is 0.0732.